The number of benzene rings is 1. The number of anilines is 1. The summed E-state index contributed by atoms with van der Waals surface area (Å²) >= 11 is 0. The Hall–Kier alpha value is -2.28. The van der Waals surface area contributed by atoms with Crippen LogP contribution in [0.4, 0.5) is 5.69 Å². The molecule has 0 aliphatic carbocycles. The Labute approximate surface area is 153 Å². The van der Waals surface area contributed by atoms with E-state index in [1.54, 1.807) is 11.9 Å². The zero-order valence-corrected chi connectivity index (χ0v) is 15.1. The average Bonchev–Trinajstić information content (AvgIpc) is 3.28. The second-order valence-electron chi connectivity index (χ2n) is 7.01. The first-order chi connectivity index (χ1) is 12.7. The van der Waals surface area contributed by atoms with Gasteiger partial charge in [-0.1, -0.05) is 12.1 Å². The number of fused-ring (bicyclic) bond motifs is 3. The Morgan fingerprint density at radius 3 is 3.00 bits per heavy atom. The fourth-order valence-electron chi connectivity index (χ4n) is 4.00. The highest BCUT2D eigenvalue weighted by Crippen LogP contribution is 2.34. The van der Waals surface area contributed by atoms with Crippen LogP contribution in [0, 0.1) is 0 Å². The van der Waals surface area contributed by atoms with Crippen molar-refractivity contribution in [3.8, 4) is 5.75 Å². The van der Waals surface area contributed by atoms with E-state index in [2.05, 4.69) is 15.6 Å². The van der Waals surface area contributed by atoms with Gasteiger partial charge in [-0.3, -0.25) is 9.79 Å². The van der Waals surface area contributed by atoms with E-state index in [0.29, 0.717) is 24.8 Å². The lowest BCUT2D eigenvalue weighted by Gasteiger charge is -2.29. The zero-order valence-electron chi connectivity index (χ0n) is 15.1. The highest BCUT2D eigenvalue weighted by molar-refractivity contribution is 5.97. The van der Waals surface area contributed by atoms with Gasteiger partial charge in [0.15, 0.2) is 12.6 Å². The third-order valence-electron chi connectivity index (χ3n) is 5.31. The van der Waals surface area contributed by atoms with Crippen LogP contribution in [-0.2, 0) is 9.53 Å². The molecule has 3 unspecified atom stereocenters. The topological polar surface area (TPSA) is 75.2 Å². The highest BCUT2D eigenvalue weighted by atomic mass is 16.5. The van der Waals surface area contributed by atoms with E-state index in [0.717, 1.165) is 43.2 Å². The van der Waals surface area contributed by atoms with E-state index >= 15 is 0 Å². The SMILES string of the molecule is CN=C(NCCCN1C(=O)COc2ccccc21)NC1CC2CCC1O2. The van der Waals surface area contributed by atoms with Crippen molar-refractivity contribution >= 4 is 17.6 Å². The number of hydrogen-bond donors (Lipinski definition) is 2. The van der Waals surface area contributed by atoms with Crippen molar-refractivity contribution in [3.63, 3.8) is 0 Å². The Morgan fingerprint density at radius 2 is 2.23 bits per heavy atom. The van der Waals surface area contributed by atoms with E-state index in [-0.39, 0.29) is 12.5 Å². The minimum Gasteiger partial charge on any atom is -0.482 e. The maximum Gasteiger partial charge on any atom is 0.265 e. The molecule has 2 fully saturated rings. The van der Waals surface area contributed by atoms with Crippen LogP contribution in [0.2, 0.25) is 0 Å². The monoisotopic (exact) mass is 358 g/mol. The Balaban J connectivity index is 1.25. The number of rotatable bonds is 5. The summed E-state index contributed by atoms with van der Waals surface area (Å²) in [7, 11) is 1.78. The molecule has 0 spiro atoms. The number of ether oxygens (including phenoxy) is 2. The van der Waals surface area contributed by atoms with Gasteiger partial charge >= 0.3 is 0 Å². The number of carbonyl (C=O) groups excluding carboxylic acids is 1. The van der Waals surface area contributed by atoms with Crippen molar-refractivity contribution in [3.05, 3.63) is 24.3 Å². The molecular weight excluding hydrogens is 332 g/mol. The largest absolute Gasteiger partial charge is 0.482 e. The second-order valence-corrected chi connectivity index (χ2v) is 7.01. The lowest BCUT2D eigenvalue weighted by atomic mass is 9.96. The normalized spacial score (nSPS) is 27.3. The van der Waals surface area contributed by atoms with Gasteiger partial charge in [-0.2, -0.15) is 0 Å². The van der Waals surface area contributed by atoms with Crippen LogP contribution < -0.4 is 20.3 Å². The molecule has 0 saturated carbocycles. The molecule has 3 aliphatic rings. The molecule has 1 amide bonds. The molecule has 26 heavy (non-hydrogen) atoms. The smallest absolute Gasteiger partial charge is 0.265 e. The van der Waals surface area contributed by atoms with Gasteiger partial charge in [0, 0.05) is 20.1 Å². The number of para-hydroxylation sites is 2. The van der Waals surface area contributed by atoms with E-state index in [4.69, 9.17) is 9.47 Å². The maximum absolute atomic E-state index is 12.2. The van der Waals surface area contributed by atoms with Gasteiger partial charge in [-0.25, -0.2) is 0 Å². The summed E-state index contributed by atoms with van der Waals surface area (Å²) in [4.78, 5) is 18.3. The molecule has 2 bridgehead atoms. The van der Waals surface area contributed by atoms with E-state index in [1.807, 2.05) is 24.3 Å². The van der Waals surface area contributed by atoms with E-state index in [1.165, 1.54) is 6.42 Å². The molecule has 140 valence electrons. The molecule has 4 rings (SSSR count). The number of nitrogens with one attached hydrogen (secondary N) is 2. The van der Waals surface area contributed by atoms with Crippen LogP contribution >= 0.6 is 0 Å². The van der Waals surface area contributed by atoms with Gasteiger partial charge in [0.05, 0.1) is 23.9 Å². The van der Waals surface area contributed by atoms with Crippen molar-refractivity contribution in [2.45, 2.75) is 43.9 Å². The number of hydrogen-bond acceptors (Lipinski definition) is 4. The van der Waals surface area contributed by atoms with Crippen LogP contribution in [-0.4, -0.2) is 56.9 Å². The molecule has 7 heteroatoms. The lowest BCUT2D eigenvalue weighted by molar-refractivity contribution is -0.121. The van der Waals surface area contributed by atoms with Gasteiger partial charge in [-0.15, -0.1) is 0 Å². The van der Waals surface area contributed by atoms with Gasteiger partial charge in [0.2, 0.25) is 0 Å². The molecule has 3 aliphatic heterocycles. The fourth-order valence-corrected chi connectivity index (χ4v) is 4.00. The third-order valence-corrected chi connectivity index (χ3v) is 5.31. The first kappa shape index (κ1) is 17.1. The molecule has 0 radical (unpaired) electrons. The first-order valence-electron chi connectivity index (χ1n) is 9.39. The molecule has 2 N–H and O–H groups in total. The van der Waals surface area contributed by atoms with Crippen molar-refractivity contribution in [1.29, 1.82) is 0 Å². The fraction of sp³-hybridized carbons (Fsp3) is 0.579. The van der Waals surface area contributed by atoms with Crippen molar-refractivity contribution in [2.75, 3.05) is 31.6 Å². The van der Waals surface area contributed by atoms with Crippen LogP contribution in [0.1, 0.15) is 25.7 Å². The predicted molar refractivity (Wildman–Crippen MR) is 99.7 cm³/mol. The van der Waals surface area contributed by atoms with Gasteiger partial charge in [0.25, 0.3) is 5.91 Å². The number of amides is 1. The Bertz CT molecular complexity index is 693. The van der Waals surface area contributed by atoms with E-state index < -0.39 is 0 Å². The minimum atomic E-state index is 0.00494. The summed E-state index contributed by atoms with van der Waals surface area (Å²) in [5.41, 5.74) is 0.852. The Morgan fingerprint density at radius 1 is 1.35 bits per heavy atom. The molecule has 2 saturated heterocycles. The first-order valence-corrected chi connectivity index (χ1v) is 9.39. The summed E-state index contributed by atoms with van der Waals surface area (Å²) < 4.78 is 11.4. The predicted octanol–water partition coefficient (Wildman–Crippen LogP) is 1.29. The average molecular weight is 358 g/mol. The number of carbonyl (C=O) groups is 1. The van der Waals surface area contributed by atoms with Crippen molar-refractivity contribution in [2.24, 2.45) is 4.99 Å². The van der Waals surface area contributed by atoms with Gasteiger partial charge in [0.1, 0.15) is 5.75 Å². The van der Waals surface area contributed by atoms with Crippen LogP contribution in [0.5, 0.6) is 5.75 Å². The standard InChI is InChI=1S/C19H26N4O3/c1-20-19(22-14-11-13-7-8-16(14)26-13)21-9-4-10-23-15-5-2-3-6-17(15)25-12-18(23)24/h2-3,5-6,13-14,16H,4,7-12H2,1H3,(H2,20,21,22). The van der Waals surface area contributed by atoms with Gasteiger partial charge in [-0.05, 0) is 37.8 Å². The molecule has 3 heterocycles. The minimum absolute atomic E-state index is 0.00494. The summed E-state index contributed by atoms with van der Waals surface area (Å²) in [6.07, 6.45) is 4.95. The molecule has 1 aromatic carbocycles. The molecular formula is C19H26N4O3. The van der Waals surface area contributed by atoms with Crippen LogP contribution in [0.25, 0.3) is 0 Å². The van der Waals surface area contributed by atoms with Gasteiger partial charge < -0.3 is 25.0 Å². The summed E-state index contributed by atoms with van der Waals surface area (Å²) in [6, 6.07) is 8.03. The number of nitrogens with zero attached hydrogens (tertiary/aromatic N) is 2. The van der Waals surface area contributed by atoms with E-state index in [9.17, 15) is 4.79 Å². The molecule has 0 aromatic heterocycles. The number of aliphatic imine (C=N–C) groups is 1. The zero-order chi connectivity index (χ0) is 17.9. The second kappa shape index (κ2) is 7.53. The quantitative estimate of drug-likeness (QED) is 0.471. The summed E-state index contributed by atoms with van der Waals surface area (Å²) in [6.45, 7) is 1.51. The van der Waals surface area contributed by atoms with Crippen LogP contribution in [0.3, 0.4) is 0 Å². The van der Waals surface area contributed by atoms with Crippen LogP contribution in [0.15, 0.2) is 29.3 Å². The summed E-state index contributed by atoms with van der Waals surface area (Å²) in [5, 5.41) is 6.82. The lowest BCUT2D eigenvalue weighted by Crippen LogP contribution is -2.48. The number of guanidine groups is 1. The Kier molecular flexibility index (Phi) is 4.97. The summed E-state index contributed by atoms with van der Waals surface area (Å²) in [5.74, 6) is 1.58. The van der Waals surface area contributed by atoms with Crippen molar-refractivity contribution in [1.82, 2.24) is 10.6 Å². The molecule has 3 atom stereocenters. The molecule has 1 aromatic rings. The highest BCUT2D eigenvalue weighted by Gasteiger charge is 2.41. The van der Waals surface area contributed by atoms with Crippen molar-refractivity contribution < 1.29 is 14.3 Å². The maximum atomic E-state index is 12.2. The third kappa shape index (κ3) is 3.49. The molecule has 7 nitrogen and oxygen atoms in total.